The molecule has 1 amide bonds. The van der Waals surface area contributed by atoms with Gasteiger partial charge < -0.3 is 14.5 Å². The van der Waals surface area contributed by atoms with Crippen LogP contribution in [-0.2, 0) is 32.4 Å². The van der Waals surface area contributed by atoms with Crippen LogP contribution >= 0.6 is 0 Å². The van der Waals surface area contributed by atoms with Crippen LogP contribution in [0.2, 0.25) is 0 Å². The average Bonchev–Trinajstić information content (AvgIpc) is 2.96. The topological polar surface area (TPSA) is 90.9 Å². The molecule has 1 aromatic carbocycles. The Balaban J connectivity index is 1.64. The number of aromatic nitrogens is 4. The lowest BCUT2D eigenvalue weighted by molar-refractivity contribution is -0.116. The number of imidazole rings is 1. The molecular weight excluding hydrogens is 365 g/mol. The number of hydrogen-bond donors (Lipinski definition) is 1. The Hall–Kier alpha value is -3.49. The second kappa shape index (κ2) is 7.63. The Morgan fingerprint density at radius 1 is 1.21 bits per heavy atom. The zero-order valence-corrected chi connectivity index (χ0v) is 15.8. The van der Waals surface area contributed by atoms with Crippen LogP contribution in [-0.4, -0.2) is 31.1 Å². The maximum Gasteiger partial charge on any atom is 0.330 e. The number of nitrogens with zero attached hydrogens (tertiary/aromatic N) is 4. The minimum absolute atomic E-state index is 0.233. The van der Waals surface area contributed by atoms with E-state index >= 15 is 0 Å². The molecule has 2 heterocycles. The maximum absolute atomic E-state index is 13.3. The van der Waals surface area contributed by atoms with Crippen LogP contribution < -0.4 is 16.6 Å². The van der Waals surface area contributed by atoms with Crippen molar-refractivity contribution < 1.29 is 9.18 Å². The first-order valence-electron chi connectivity index (χ1n) is 8.61. The minimum Gasteiger partial charge on any atom is -0.352 e. The normalized spacial score (nSPS) is 11.4. The second-order valence-corrected chi connectivity index (χ2v) is 6.44. The zero-order valence-electron chi connectivity index (χ0n) is 15.8. The van der Waals surface area contributed by atoms with Crippen molar-refractivity contribution in [1.29, 1.82) is 0 Å². The van der Waals surface area contributed by atoms with Gasteiger partial charge in [-0.25, -0.2) is 14.2 Å². The van der Waals surface area contributed by atoms with Gasteiger partial charge in [0, 0.05) is 52.4 Å². The van der Waals surface area contributed by atoms with Gasteiger partial charge >= 0.3 is 5.69 Å². The third kappa shape index (κ3) is 3.78. The second-order valence-electron chi connectivity index (χ2n) is 6.44. The summed E-state index contributed by atoms with van der Waals surface area (Å²) < 4.78 is 17.4. The quantitative estimate of drug-likeness (QED) is 0.647. The third-order valence-electron chi connectivity index (χ3n) is 4.47. The van der Waals surface area contributed by atoms with Crippen molar-refractivity contribution in [1.82, 2.24) is 24.0 Å². The van der Waals surface area contributed by atoms with Crippen LogP contribution in [0, 0.1) is 5.82 Å². The largest absolute Gasteiger partial charge is 0.352 e. The van der Waals surface area contributed by atoms with Crippen molar-refractivity contribution in [2.24, 2.45) is 21.1 Å². The highest BCUT2D eigenvalue weighted by Crippen LogP contribution is 2.16. The van der Waals surface area contributed by atoms with E-state index in [4.69, 9.17) is 0 Å². The number of amides is 1. The third-order valence-corrected chi connectivity index (χ3v) is 4.47. The summed E-state index contributed by atoms with van der Waals surface area (Å²) in [6, 6.07) is 4.41. The summed E-state index contributed by atoms with van der Waals surface area (Å²) in [5.41, 5.74) is 0.701. The fourth-order valence-electron chi connectivity index (χ4n) is 2.92. The van der Waals surface area contributed by atoms with Crippen LogP contribution in [0.1, 0.15) is 11.4 Å². The SMILES string of the molecule is Cn1cc(C=CC(=O)NCCc2nc3cc(F)ccc3n2C)c(=O)n(C)c1=O. The summed E-state index contributed by atoms with van der Waals surface area (Å²) in [5.74, 6) is -0.00216. The first kappa shape index (κ1) is 19.3. The van der Waals surface area contributed by atoms with Gasteiger partial charge in [0.25, 0.3) is 5.56 Å². The molecule has 0 fully saturated rings. The fourth-order valence-corrected chi connectivity index (χ4v) is 2.92. The van der Waals surface area contributed by atoms with Gasteiger partial charge in [-0.15, -0.1) is 0 Å². The summed E-state index contributed by atoms with van der Waals surface area (Å²) in [7, 11) is 4.74. The number of halogens is 1. The van der Waals surface area contributed by atoms with E-state index in [9.17, 15) is 18.8 Å². The van der Waals surface area contributed by atoms with Crippen molar-refractivity contribution in [2.75, 3.05) is 6.54 Å². The van der Waals surface area contributed by atoms with Crippen LogP contribution in [0.4, 0.5) is 4.39 Å². The molecule has 146 valence electrons. The lowest BCUT2D eigenvalue weighted by Gasteiger charge is -2.04. The van der Waals surface area contributed by atoms with Crippen molar-refractivity contribution in [3.63, 3.8) is 0 Å². The van der Waals surface area contributed by atoms with Gasteiger partial charge in [0.15, 0.2) is 0 Å². The average molecular weight is 385 g/mol. The van der Waals surface area contributed by atoms with Crippen molar-refractivity contribution in [2.45, 2.75) is 6.42 Å². The predicted molar refractivity (Wildman–Crippen MR) is 103 cm³/mol. The van der Waals surface area contributed by atoms with E-state index < -0.39 is 11.2 Å². The van der Waals surface area contributed by atoms with Gasteiger partial charge in [-0.1, -0.05) is 0 Å². The van der Waals surface area contributed by atoms with Crippen molar-refractivity contribution >= 4 is 23.0 Å². The molecule has 3 rings (SSSR count). The zero-order chi connectivity index (χ0) is 20.4. The number of benzene rings is 1. The molecule has 2 aromatic heterocycles. The van der Waals surface area contributed by atoms with E-state index in [0.717, 1.165) is 15.9 Å². The molecule has 28 heavy (non-hydrogen) atoms. The summed E-state index contributed by atoms with van der Waals surface area (Å²) in [6.07, 6.45) is 4.46. The van der Waals surface area contributed by atoms with Crippen LogP contribution in [0.25, 0.3) is 17.1 Å². The highest BCUT2D eigenvalue weighted by Gasteiger charge is 2.09. The summed E-state index contributed by atoms with van der Waals surface area (Å²) in [4.78, 5) is 40.1. The Kier molecular flexibility index (Phi) is 5.25. The molecule has 1 N–H and O–H groups in total. The standard InChI is InChI=1S/C19H20FN5O3/c1-23-11-12(18(27)25(3)19(23)28)4-7-17(26)21-9-8-16-22-14-10-13(20)5-6-15(14)24(16)2/h4-7,10-11H,8-9H2,1-3H3,(H,21,26). The minimum atomic E-state index is -0.473. The smallest absolute Gasteiger partial charge is 0.330 e. The molecular formula is C19H20FN5O3. The molecule has 0 unspecified atom stereocenters. The van der Waals surface area contributed by atoms with Gasteiger partial charge in [0.1, 0.15) is 11.6 Å². The number of carbonyl (C=O) groups excluding carboxylic acids is 1. The number of fused-ring (bicyclic) bond motifs is 1. The molecule has 0 atom stereocenters. The van der Waals surface area contributed by atoms with E-state index in [1.165, 1.54) is 49.1 Å². The van der Waals surface area contributed by atoms with Gasteiger partial charge in [-0.2, -0.15) is 0 Å². The van der Waals surface area contributed by atoms with Crippen LogP contribution in [0.5, 0.6) is 0 Å². The van der Waals surface area contributed by atoms with Crippen LogP contribution in [0.3, 0.4) is 0 Å². The van der Waals surface area contributed by atoms with Gasteiger partial charge in [0.05, 0.1) is 16.6 Å². The molecule has 0 aliphatic rings. The van der Waals surface area contributed by atoms with Crippen molar-refractivity contribution in [3.05, 3.63) is 68.5 Å². The van der Waals surface area contributed by atoms with Gasteiger partial charge in [0.2, 0.25) is 5.91 Å². The molecule has 0 spiro atoms. The molecule has 0 saturated heterocycles. The Morgan fingerprint density at radius 2 is 1.96 bits per heavy atom. The number of hydrogen-bond acceptors (Lipinski definition) is 4. The van der Waals surface area contributed by atoms with Crippen molar-refractivity contribution in [3.8, 4) is 0 Å². The van der Waals surface area contributed by atoms with E-state index in [0.29, 0.717) is 18.5 Å². The summed E-state index contributed by atoms with van der Waals surface area (Å²) in [6.45, 7) is 0.327. The molecule has 0 aliphatic carbocycles. The Bertz CT molecular complexity index is 1200. The van der Waals surface area contributed by atoms with Crippen LogP contribution in [0.15, 0.2) is 40.1 Å². The fraction of sp³-hybridized carbons (Fsp3) is 0.263. The lowest BCUT2D eigenvalue weighted by Crippen LogP contribution is -2.37. The predicted octanol–water partition coefficient (Wildman–Crippen LogP) is 0.482. The first-order valence-corrected chi connectivity index (χ1v) is 8.61. The van der Waals surface area contributed by atoms with E-state index in [1.54, 1.807) is 6.07 Å². The molecule has 3 aromatic rings. The lowest BCUT2D eigenvalue weighted by atomic mass is 10.3. The highest BCUT2D eigenvalue weighted by atomic mass is 19.1. The number of aryl methyl sites for hydroxylation is 2. The highest BCUT2D eigenvalue weighted by molar-refractivity contribution is 5.91. The van der Waals surface area contributed by atoms with E-state index in [-0.39, 0.29) is 17.3 Å². The molecule has 0 saturated carbocycles. The number of rotatable bonds is 5. The molecule has 8 nitrogen and oxygen atoms in total. The molecule has 9 heteroatoms. The van der Waals surface area contributed by atoms with Gasteiger partial charge in [-0.3, -0.25) is 14.2 Å². The van der Waals surface area contributed by atoms with E-state index in [2.05, 4.69) is 10.3 Å². The molecule has 0 aliphatic heterocycles. The van der Waals surface area contributed by atoms with E-state index in [1.807, 2.05) is 11.6 Å². The molecule has 0 bridgehead atoms. The van der Waals surface area contributed by atoms with Gasteiger partial charge in [-0.05, 0) is 18.2 Å². The Labute approximate surface area is 159 Å². The summed E-state index contributed by atoms with van der Waals surface area (Å²) >= 11 is 0. The number of nitrogens with one attached hydrogen (secondary N) is 1. The first-order chi connectivity index (χ1) is 13.3. The summed E-state index contributed by atoms with van der Waals surface area (Å²) in [5, 5.41) is 2.71. The molecule has 0 radical (unpaired) electrons. The number of carbonyl (C=O) groups is 1. The maximum atomic E-state index is 13.3. The Morgan fingerprint density at radius 3 is 2.71 bits per heavy atom. The monoisotopic (exact) mass is 385 g/mol.